The van der Waals surface area contributed by atoms with Crippen LogP contribution in [0.1, 0.15) is 28.8 Å². The maximum absolute atomic E-state index is 12.4. The lowest BCUT2D eigenvalue weighted by molar-refractivity contribution is -0.137. The number of benzene rings is 1. The van der Waals surface area contributed by atoms with Crippen molar-refractivity contribution in [2.45, 2.75) is 19.0 Å². The summed E-state index contributed by atoms with van der Waals surface area (Å²) < 4.78 is 48.0. The first-order valence-electron chi connectivity index (χ1n) is 7.58. The Morgan fingerprint density at radius 3 is 2.65 bits per heavy atom. The Labute approximate surface area is 133 Å². The Morgan fingerprint density at radius 1 is 1.30 bits per heavy atom. The van der Waals surface area contributed by atoms with Gasteiger partial charge in [-0.15, -0.1) is 0 Å². The molecule has 1 aliphatic heterocycles. The van der Waals surface area contributed by atoms with Crippen molar-refractivity contribution in [1.82, 2.24) is 5.32 Å². The maximum Gasteiger partial charge on any atom is 0.416 e. The molecule has 0 bridgehead atoms. The molecule has 1 amide bonds. The van der Waals surface area contributed by atoms with Gasteiger partial charge in [0, 0.05) is 31.2 Å². The van der Waals surface area contributed by atoms with Crippen LogP contribution in [0.25, 0.3) is 0 Å². The van der Waals surface area contributed by atoms with Crippen LogP contribution < -0.4 is 5.32 Å². The number of rotatable bonds is 7. The second-order valence-electron chi connectivity index (χ2n) is 5.49. The van der Waals surface area contributed by atoms with Crippen molar-refractivity contribution in [3.8, 4) is 0 Å². The predicted molar refractivity (Wildman–Crippen MR) is 78.1 cm³/mol. The summed E-state index contributed by atoms with van der Waals surface area (Å²) >= 11 is 0. The molecule has 1 fully saturated rings. The fraction of sp³-hybridized carbons (Fsp3) is 0.562. The lowest BCUT2D eigenvalue weighted by Gasteiger charge is -2.10. The highest BCUT2D eigenvalue weighted by Crippen LogP contribution is 2.29. The molecule has 1 aromatic carbocycles. The third-order valence-electron chi connectivity index (χ3n) is 3.60. The second-order valence-corrected chi connectivity index (χ2v) is 5.49. The molecular weight excluding hydrogens is 311 g/mol. The third-order valence-corrected chi connectivity index (χ3v) is 3.60. The zero-order chi connectivity index (χ0) is 16.7. The molecule has 0 aromatic heterocycles. The summed E-state index contributed by atoms with van der Waals surface area (Å²) in [5.41, 5.74) is -0.555. The largest absolute Gasteiger partial charge is 0.416 e. The Hall–Kier alpha value is -1.60. The highest BCUT2D eigenvalue weighted by Gasteiger charge is 2.30. The highest BCUT2D eigenvalue weighted by atomic mass is 19.4. The Kier molecular flexibility index (Phi) is 6.41. The Morgan fingerprint density at radius 2 is 2.04 bits per heavy atom. The third kappa shape index (κ3) is 5.84. The van der Waals surface area contributed by atoms with Gasteiger partial charge in [0.15, 0.2) is 0 Å². The van der Waals surface area contributed by atoms with Crippen LogP contribution in [0.2, 0.25) is 0 Å². The van der Waals surface area contributed by atoms with Gasteiger partial charge < -0.3 is 14.8 Å². The van der Waals surface area contributed by atoms with Crippen LogP contribution in [0.3, 0.4) is 0 Å². The van der Waals surface area contributed by atoms with Crippen LogP contribution in [0.4, 0.5) is 13.2 Å². The van der Waals surface area contributed by atoms with Crippen LogP contribution in [0.5, 0.6) is 0 Å². The molecule has 4 nitrogen and oxygen atoms in total. The first-order valence-corrected chi connectivity index (χ1v) is 7.58. The minimum Gasteiger partial charge on any atom is -0.381 e. The number of amides is 1. The number of carbonyl (C=O) groups excluding carboxylic acids is 1. The molecule has 0 saturated carbocycles. The van der Waals surface area contributed by atoms with Gasteiger partial charge in [-0.05, 0) is 37.1 Å². The summed E-state index contributed by atoms with van der Waals surface area (Å²) in [6, 6.07) is 4.16. The Bertz CT molecular complexity index is 496. The average Bonchev–Trinajstić information content (AvgIpc) is 3.03. The van der Waals surface area contributed by atoms with E-state index in [1.165, 1.54) is 12.1 Å². The van der Waals surface area contributed by atoms with E-state index in [0.717, 1.165) is 31.8 Å². The summed E-state index contributed by atoms with van der Waals surface area (Å²) in [5, 5.41) is 2.66. The SMILES string of the molecule is O=C(NCCCOCC1CCOC1)c1ccc(C(F)(F)F)cc1. The average molecular weight is 331 g/mol. The van der Waals surface area contributed by atoms with Crippen molar-refractivity contribution in [2.24, 2.45) is 5.92 Å². The van der Waals surface area contributed by atoms with Gasteiger partial charge >= 0.3 is 6.18 Å². The van der Waals surface area contributed by atoms with Gasteiger partial charge in [-0.2, -0.15) is 13.2 Å². The van der Waals surface area contributed by atoms with Gasteiger partial charge in [0.25, 0.3) is 5.91 Å². The predicted octanol–water partition coefficient (Wildman–Crippen LogP) is 2.88. The van der Waals surface area contributed by atoms with Crippen LogP contribution in [0.15, 0.2) is 24.3 Å². The van der Waals surface area contributed by atoms with E-state index in [-0.39, 0.29) is 11.5 Å². The lowest BCUT2D eigenvalue weighted by atomic mass is 10.1. The molecule has 1 unspecified atom stereocenters. The maximum atomic E-state index is 12.4. The molecular formula is C16H20F3NO3. The Balaban J connectivity index is 1.62. The summed E-state index contributed by atoms with van der Waals surface area (Å²) in [6.07, 6.45) is -2.72. The monoisotopic (exact) mass is 331 g/mol. The van der Waals surface area contributed by atoms with E-state index in [2.05, 4.69) is 5.32 Å². The van der Waals surface area contributed by atoms with Crippen molar-refractivity contribution in [3.05, 3.63) is 35.4 Å². The summed E-state index contributed by atoms with van der Waals surface area (Å²) in [7, 11) is 0. The van der Waals surface area contributed by atoms with Crippen LogP contribution in [-0.2, 0) is 15.7 Å². The molecule has 128 valence electrons. The van der Waals surface area contributed by atoms with Crippen LogP contribution in [0, 0.1) is 5.92 Å². The van der Waals surface area contributed by atoms with E-state index < -0.39 is 11.7 Å². The van der Waals surface area contributed by atoms with Crippen molar-refractivity contribution < 1.29 is 27.4 Å². The molecule has 0 spiro atoms. The van der Waals surface area contributed by atoms with E-state index in [1.54, 1.807) is 0 Å². The second kappa shape index (κ2) is 8.31. The van der Waals surface area contributed by atoms with Gasteiger partial charge in [0.2, 0.25) is 0 Å². The summed E-state index contributed by atoms with van der Waals surface area (Å²) in [5.74, 6) is 0.0691. The van der Waals surface area contributed by atoms with E-state index in [1.807, 2.05) is 0 Å². The number of alkyl halides is 3. The summed E-state index contributed by atoms with van der Waals surface area (Å²) in [4.78, 5) is 11.8. The zero-order valence-corrected chi connectivity index (χ0v) is 12.7. The molecule has 1 heterocycles. The molecule has 7 heteroatoms. The molecule has 23 heavy (non-hydrogen) atoms. The molecule has 0 radical (unpaired) electrons. The molecule has 1 saturated heterocycles. The fourth-order valence-electron chi connectivity index (χ4n) is 2.25. The van der Waals surface area contributed by atoms with E-state index >= 15 is 0 Å². The van der Waals surface area contributed by atoms with Crippen molar-refractivity contribution in [3.63, 3.8) is 0 Å². The number of hydrogen-bond donors (Lipinski definition) is 1. The number of carbonyl (C=O) groups is 1. The highest BCUT2D eigenvalue weighted by molar-refractivity contribution is 5.94. The van der Waals surface area contributed by atoms with Gasteiger partial charge in [0.05, 0.1) is 18.8 Å². The van der Waals surface area contributed by atoms with E-state index in [4.69, 9.17) is 9.47 Å². The van der Waals surface area contributed by atoms with Gasteiger partial charge in [-0.3, -0.25) is 4.79 Å². The lowest BCUT2D eigenvalue weighted by Crippen LogP contribution is -2.25. The first kappa shape index (κ1) is 17.7. The number of halogens is 3. The summed E-state index contributed by atoms with van der Waals surface area (Å²) in [6.45, 7) is 3.14. The number of hydrogen-bond acceptors (Lipinski definition) is 3. The van der Waals surface area contributed by atoms with E-state index in [0.29, 0.717) is 32.1 Å². The van der Waals surface area contributed by atoms with Gasteiger partial charge in [0.1, 0.15) is 0 Å². The quantitative estimate of drug-likeness (QED) is 0.782. The minimum atomic E-state index is -4.39. The normalized spacial score (nSPS) is 18.1. The molecule has 2 rings (SSSR count). The fourth-order valence-corrected chi connectivity index (χ4v) is 2.25. The molecule has 1 aromatic rings. The standard InChI is InChI=1S/C16H20F3NO3/c17-16(18,19)14-4-2-13(3-5-14)15(21)20-7-1-8-22-10-12-6-9-23-11-12/h2-5,12H,1,6-11H2,(H,20,21). The van der Waals surface area contributed by atoms with Crippen LogP contribution >= 0.6 is 0 Å². The number of nitrogens with one attached hydrogen (secondary N) is 1. The van der Waals surface area contributed by atoms with Crippen molar-refractivity contribution in [1.29, 1.82) is 0 Å². The smallest absolute Gasteiger partial charge is 0.381 e. The molecule has 1 atom stereocenters. The number of ether oxygens (including phenoxy) is 2. The van der Waals surface area contributed by atoms with Crippen molar-refractivity contribution in [2.75, 3.05) is 33.0 Å². The van der Waals surface area contributed by atoms with Crippen LogP contribution in [-0.4, -0.2) is 38.9 Å². The molecule has 1 N–H and O–H groups in total. The topological polar surface area (TPSA) is 47.6 Å². The van der Waals surface area contributed by atoms with E-state index in [9.17, 15) is 18.0 Å². The zero-order valence-electron chi connectivity index (χ0n) is 12.7. The van der Waals surface area contributed by atoms with Crippen molar-refractivity contribution >= 4 is 5.91 Å². The van der Waals surface area contributed by atoms with Gasteiger partial charge in [-0.25, -0.2) is 0 Å². The first-order chi connectivity index (χ1) is 11.0. The molecule has 1 aliphatic rings. The molecule has 0 aliphatic carbocycles. The van der Waals surface area contributed by atoms with Gasteiger partial charge in [-0.1, -0.05) is 0 Å². The minimum absolute atomic E-state index is 0.210.